The number of aliphatic carboxylic acids is 1. The first-order valence-corrected chi connectivity index (χ1v) is 8.02. The Kier molecular flexibility index (Phi) is 4.08. The van der Waals surface area contributed by atoms with Crippen LogP contribution in [0.15, 0.2) is 12.4 Å². The van der Waals surface area contributed by atoms with E-state index in [1.807, 2.05) is 6.07 Å². The lowest BCUT2D eigenvalue weighted by molar-refractivity contribution is -0.138. The molecule has 2 heterocycles. The number of carbonyl (C=O) groups is 1. The monoisotopic (exact) mass is 289 g/mol. The van der Waals surface area contributed by atoms with E-state index >= 15 is 0 Å². The summed E-state index contributed by atoms with van der Waals surface area (Å²) in [5.74, 6) is 0.583. The summed E-state index contributed by atoms with van der Waals surface area (Å²) in [7, 11) is 0. The first-order valence-electron chi connectivity index (χ1n) is 8.02. The second kappa shape index (κ2) is 6.00. The maximum atomic E-state index is 11.7. The zero-order valence-corrected chi connectivity index (χ0v) is 12.5. The molecular formula is C16H23N3O2. The van der Waals surface area contributed by atoms with E-state index in [1.165, 1.54) is 12.8 Å². The van der Waals surface area contributed by atoms with Crippen LogP contribution in [0.4, 0.5) is 5.82 Å². The summed E-state index contributed by atoms with van der Waals surface area (Å²) in [6.07, 6.45) is 8.94. The van der Waals surface area contributed by atoms with Gasteiger partial charge in [0.25, 0.3) is 0 Å². The number of aryl methyl sites for hydroxylation is 1. The molecule has 1 N–H and O–H groups in total. The van der Waals surface area contributed by atoms with E-state index in [2.05, 4.69) is 21.8 Å². The molecule has 1 aromatic rings. The van der Waals surface area contributed by atoms with Crippen LogP contribution in [0.2, 0.25) is 0 Å². The summed E-state index contributed by atoms with van der Waals surface area (Å²) in [5, 5.41) is 9.58. The fourth-order valence-corrected chi connectivity index (χ4v) is 3.93. The van der Waals surface area contributed by atoms with Gasteiger partial charge < -0.3 is 10.0 Å². The minimum atomic E-state index is -0.722. The van der Waals surface area contributed by atoms with Crippen LogP contribution < -0.4 is 4.90 Å². The summed E-state index contributed by atoms with van der Waals surface area (Å²) < 4.78 is 0. The summed E-state index contributed by atoms with van der Waals surface area (Å²) in [6, 6.07) is 1.89. The molecule has 0 aromatic carbocycles. The highest BCUT2D eigenvalue weighted by Crippen LogP contribution is 2.41. The van der Waals surface area contributed by atoms with Crippen LogP contribution in [0.5, 0.6) is 0 Å². The number of fused-ring (bicyclic) bond motifs is 1. The smallest absolute Gasteiger partial charge is 0.326 e. The molecule has 1 aliphatic carbocycles. The van der Waals surface area contributed by atoms with Crippen molar-refractivity contribution in [3.05, 3.63) is 18.1 Å². The SMILES string of the molecule is CCCc1cc(N2C(C(=O)O)CC3CCCCC32)ncn1. The van der Waals surface area contributed by atoms with Crippen molar-refractivity contribution in [1.82, 2.24) is 9.97 Å². The minimum Gasteiger partial charge on any atom is -0.480 e. The molecule has 0 bridgehead atoms. The van der Waals surface area contributed by atoms with E-state index in [1.54, 1.807) is 6.33 Å². The maximum Gasteiger partial charge on any atom is 0.326 e. The molecule has 3 atom stereocenters. The van der Waals surface area contributed by atoms with Crippen molar-refractivity contribution < 1.29 is 9.90 Å². The molecule has 3 unspecified atom stereocenters. The number of carboxylic acid groups (broad SMARTS) is 1. The highest BCUT2D eigenvalue weighted by atomic mass is 16.4. The van der Waals surface area contributed by atoms with Gasteiger partial charge in [0, 0.05) is 17.8 Å². The highest BCUT2D eigenvalue weighted by molar-refractivity contribution is 5.79. The quantitative estimate of drug-likeness (QED) is 0.923. The Morgan fingerprint density at radius 2 is 2.19 bits per heavy atom. The molecule has 21 heavy (non-hydrogen) atoms. The van der Waals surface area contributed by atoms with Crippen LogP contribution in [0.1, 0.15) is 51.1 Å². The molecule has 1 aromatic heterocycles. The minimum absolute atomic E-state index is 0.337. The fraction of sp³-hybridized carbons (Fsp3) is 0.688. The Morgan fingerprint density at radius 3 is 2.95 bits per heavy atom. The molecule has 2 aliphatic rings. The molecule has 1 saturated heterocycles. The van der Waals surface area contributed by atoms with Gasteiger partial charge in [-0.3, -0.25) is 0 Å². The van der Waals surface area contributed by atoms with Crippen molar-refractivity contribution in [2.45, 2.75) is 64.0 Å². The second-order valence-corrected chi connectivity index (χ2v) is 6.23. The second-order valence-electron chi connectivity index (χ2n) is 6.23. The molecule has 2 fully saturated rings. The number of nitrogens with zero attached hydrogens (tertiary/aromatic N) is 3. The molecule has 5 heteroatoms. The van der Waals surface area contributed by atoms with Gasteiger partial charge in [0.15, 0.2) is 0 Å². The van der Waals surface area contributed by atoms with Crippen molar-refractivity contribution in [2.24, 2.45) is 5.92 Å². The van der Waals surface area contributed by atoms with Crippen LogP contribution >= 0.6 is 0 Å². The predicted molar refractivity (Wildman–Crippen MR) is 80.3 cm³/mol. The van der Waals surface area contributed by atoms with Crippen LogP contribution in [0.3, 0.4) is 0 Å². The summed E-state index contributed by atoms with van der Waals surface area (Å²) in [6.45, 7) is 2.12. The molecule has 0 spiro atoms. The third kappa shape index (κ3) is 2.74. The van der Waals surface area contributed by atoms with E-state index in [0.29, 0.717) is 12.0 Å². The van der Waals surface area contributed by atoms with E-state index in [4.69, 9.17) is 0 Å². The molecule has 3 rings (SSSR count). The highest BCUT2D eigenvalue weighted by Gasteiger charge is 2.45. The fourth-order valence-electron chi connectivity index (χ4n) is 3.93. The average Bonchev–Trinajstić information content (AvgIpc) is 2.87. The van der Waals surface area contributed by atoms with Crippen molar-refractivity contribution in [3.63, 3.8) is 0 Å². The molecule has 0 radical (unpaired) electrons. The van der Waals surface area contributed by atoms with Crippen molar-refractivity contribution >= 4 is 11.8 Å². The Morgan fingerprint density at radius 1 is 1.38 bits per heavy atom. The number of aromatic nitrogens is 2. The van der Waals surface area contributed by atoms with Crippen molar-refractivity contribution in [2.75, 3.05) is 4.90 Å². The van der Waals surface area contributed by atoms with Gasteiger partial charge in [0.05, 0.1) is 0 Å². The van der Waals surface area contributed by atoms with Crippen LogP contribution in [0, 0.1) is 5.92 Å². The largest absolute Gasteiger partial charge is 0.480 e. The third-order valence-electron chi connectivity index (χ3n) is 4.85. The van der Waals surface area contributed by atoms with E-state index in [-0.39, 0.29) is 0 Å². The average molecular weight is 289 g/mol. The van der Waals surface area contributed by atoms with Crippen LogP contribution in [-0.4, -0.2) is 33.1 Å². The Bertz CT molecular complexity index is 520. The molecule has 5 nitrogen and oxygen atoms in total. The lowest BCUT2D eigenvalue weighted by Crippen LogP contribution is -2.43. The van der Waals surface area contributed by atoms with E-state index in [9.17, 15) is 9.90 Å². The number of rotatable bonds is 4. The number of carboxylic acids is 1. The lowest BCUT2D eigenvalue weighted by atomic mass is 9.85. The van der Waals surface area contributed by atoms with Crippen LogP contribution in [-0.2, 0) is 11.2 Å². The van der Waals surface area contributed by atoms with E-state index < -0.39 is 12.0 Å². The van der Waals surface area contributed by atoms with Gasteiger partial charge in [-0.15, -0.1) is 0 Å². The maximum absolute atomic E-state index is 11.7. The van der Waals surface area contributed by atoms with Gasteiger partial charge in [-0.1, -0.05) is 26.2 Å². The molecule has 0 amide bonds. The topological polar surface area (TPSA) is 66.3 Å². The Labute approximate surface area is 125 Å². The zero-order chi connectivity index (χ0) is 14.8. The van der Waals surface area contributed by atoms with Gasteiger partial charge in [-0.25, -0.2) is 14.8 Å². The van der Waals surface area contributed by atoms with E-state index in [0.717, 1.165) is 43.6 Å². The number of anilines is 1. The molecular weight excluding hydrogens is 266 g/mol. The molecule has 1 aliphatic heterocycles. The third-order valence-corrected chi connectivity index (χ3v) is 4.85. The first-order chi connectivity index (χ1) is 10.2. The summed E-state index contributed by atoms with van der Waals surface area (Å²) in [5.41, 5.74) is 1.01. The van der Waals surface area contributed by atoms with Crippen LogP contribution in [0.25, 0.3) is 0 Å². The number of hydrogen-bond acceptors (Lipinski definition) is 4. The lowest BCUT2D eigenvalue weighted by Gasteiger charge is -2.33. The van der Waals surface area contributed by atoms with Gasteiger partial charge in [0.1, 0.15) is 18.2 Å². The van der Waals surface area contributed by atoms with Gasteiger partial charge in [0.2, 0.25) is 0 Å². The normalized spacial score (nSPS) is 28.4. The summed E-state index contributed by atoms with van der Waals surface area (Å²) >= 11 is 0. The Hall–Kier alpha value is -1.65. The van der Waals surface area contributed by atoms with Gasteiger partial charge in [-0.2, -0.15) is 0 Å². The molecule has 114 valence electrons. The zero-order valence-electron chi connectivity index (χ0n) is 12.5. The van der Waals surface area contributed by atoms with Gasteiger partial charge in [-0.05, 0) is 31.6 Å². The summed E-state index contributed by atoms with van der Waals surface area (Å²) in [4.78, 5) is 22.4. The Balaban J connectivity index is 1.92. The number of hydrogen-bond donors (Lipinski definition) is 1. The predicted octanol–water partition coefficient (Wildman–Crippen LogP) is 2.65. The van der Waals surface area contributed by atoms with Gasteiger partial charge >= 0.3 is 5.97 Å². The first kappa shape index (κ1) is 14.3. The van der Waals surface area contributed by atoms with Crippen molar-refractivity contribution in [3.8, 4) is 0 Å². The van der Waals surface area contributed by atoms with Crippen molar-refractivity contribution in [1.29, 1.82) is 0 Å². The standard InChI is InChI=1S/C16H23N3O2/c1-2-5-12-9-15(18-10-17-12)19-13-7-4-3-6-11(13)8-14(19)16(20)21/h9-11,13-14H,2-8H2,1H3,(H,20,21). The molecule has 1 saturated carbocycles.